The zero-order chi connectivity index (χ0) is 13.6. The number of aryl methyl sites for hydroxylation is 2. The summed E-state index contributed by atoms with van der Waals surface area (Å²) in [5, 5.41) is 8.76. The van der Waals surface area contributed by atoms with E-state index in [4.69, 9.17) is 5.11 Å². The first-order valence-electron chi connectivity index (χ1n) is 5.90. The average Bonchev–Trinajstić information content (AvgIpc) is 2.85. The normalized spacial score (nSPS) is 11.5. The molecular weight excluding hydrogens is 310 g/mol. The minimum absolute atomic E-state index is 0.128. The first-order chi connectivity index (χ1) is 9.06. The Labute approximate surface area is 117 Å². The second kappa shape index (κ2) is 4.38. The van der Waals surface area contributed by atoms with Gasteiger partial charge in [0.2, 0.25) is 5.78 Å². The Bertz CT molecular complexity index is 788. The molecule has 0 spiro atoms. The Morgan fingerprint density at radius 2 is 2.26 bits per heavy atom. The molecule has 0 aliphatic heterocycles. The largest absolute Gasteiger partial charge is 0.481 e. The maximum Gasteiger partial charge on any atom is 0.303 e. The van der Waals surface area contributed by atoms with Crippen LogP contribution in [0.2, 0.25) is 0 Å². The van der Waals surface area contributed by atoms with E-state index in [-0.39, 0.29) is 6.42 Å². The molecule has 0 aliphatic carbocycles. The van der Waals surface area contributed by atoms with Gasteiger partial charge < -0.3 is 9.67 Å². The van der Waals surface area contributed by atoms with Crippen molar-refractivity contribution in [2.75, 3.05) is 0 Å². The molecule has 0 radical (unpaired) electrons. The summed E-state index contributed by atoms with van der Waals surface area (Å²) in [6.07, 6.45) is 2.59. The van der Waals surface area contributed by atoms with Crippen LogP contribution in [0.4, 0.5) is 0 Å². The monoisotopic (exact) mass is 321 g/mol. The molecule has 1 aromatic carbocycles. The third-order valence-corrected chi connectivity index (χ3v) is 3.73. The van der Waals surface area contributed by atoms with Gasteiger partial charge in [0.1, 0.15) is 0 Å². The van der Waals surface area contributed by atoms with Crippen LogP contribution in [0.3, 0.4) is 0 Å². The Hall–Kier alpha value is -1.82. The molecule has 0 unspecified atom stereocenters. The first-order valence-corrected chi connectivity index (χ1v) is 6.69. The van der Waals surface area contributed by atoms with Crippen LogP contribution in [0.1, 0.15) is 12.1 Å². The summed E-state index contributed by atoms with van der Waals surface area (Å²) in [6.45, 7) is 0. The van der Waals surface area contributed by atoms with Gasteiger partial charge in [0.25, 0.3) is 0 Å². The number of nitrogens with zero attached hydrogens (tertiary/aromatic N) is 3. The number of carbonyl (C=O) groups is 1. The summed E-state index contributed by atoms with van der Waals surface area (Å²) in [7, 11) is 1.91. The van der Waals surface area contributed by atoms with Crippen molar-refractivity contribution in [1.29, 1.82) is 0 Å². The Morgan fingerprint density at radius 3 is 3.00 bits per heavy atom. The summed E-state index contributed by atoms with van der Waals surface area (Å²) in [6, 6.07) is 5.93. The predicted molar refractivity (Wildman–Crippen MR) is 75.3 cm³/mol. The third kappa shape index (κ3) is 2.02. The Balaban J connectivity index is 2.15. The Kier molecular flexibility index (Phi) is 2.82. The van der Waals surface area contributed by atoms with Gasteiger partial charge in [0, 0.05) is 23.4 Å². The molecule has 98 valence electrons. The second-order valence-electron chi connectivity index (χ2n) is 4.49. The van der Waals surface area contributed by atoms with Gasteiger partial charge in [0.05, 0.1) is 17.5 Å². The van der Waals surface area contributed by atoms with Gasteiger partial charge in [-0.3, -0.25) is 9.20 Å². The highest BCUT2D eigenvalue weighted by Crippen LogP contribution is 2.23. The van der Waals surface area contributed by atoms with Crippen molar-refractivity contribution < 1.29 is 9.90 Å². The summed E-state index contributed by atoms with van der Waals surface area (Å²) >= 11 is 3.45. The van der Waals surface area contributed by atoms with E-state index >= 15 is 0 Å². The van der Waals surface area contributed by atoms with Crippen molar-refractivity contribution >= 4 is 38.7 Å². The summed E-state index contributed by atoms with van der Waals surface area (Å²) < 4.78 is 4.94. The lowest BCUT2D eigenvalue weighted by Gasteiger charge is -1.99. The third-order valence-electron chi connectivity index (χ3n) is 3.24. The summed E-state index contributed by atoms with van der Waals surface area (Å²) in [5.74, 6) is 0.0416. The van der Waals surface area contributed by atoms with Gasteiger partial charge >= 0.3 is 5.97 Å². The molecule has 3 aromatic rings. The van der Waals surface area contributed by atoms with Crippen LogP contribution in [0.25, 0.3) is 16.8 Å². The topological polar surface area (TPSA) is 59.5 Å². The number of halogens is 1. The van der Waals surface area contributed by atoms with Crippen molar-refractivity contribution in [2.24, 2.45) is 7.05 Å². The molecule has 0 bridgehead atoms. The fourth-order valence-electron chi connectivity index (χ4n) is 2.25. The van der Waals surface area contributed by atoms with Crippen molar-refractivity contribution in [3.05, 3.63) is 34.6 Å². The maximum absolute atomic E-state index is 10.7. The number of hydrogen-bond donors (Lipinski definition) is 1. The maximum atomic E-state index is 10.7. The van der Waals surface area contributed by atoms with Gasteiger partial charge in [-0.1, -0.05) is 15.9 Å². The van der Waals surface area contributed by atoms with Gasteiger partial charge in [-0.25, -0.2) is 4.98 Å². The zero-order valence-electron chi connectivity index (χ0n) is 10.3. The first kappa shape index (κ1) is 12.2. The van der Waals surface area contributed by atoms with Crippen molar-refractivity contribution in [3.63, 3.8) is 0 Å². The van der Waals surface area contributed by atoms with Crippen LogP contribution in [-0.4, -0.2) is 25.0 Å². The van der Waals surface area contributed by atoms with Crippen LogP contribution < -0.4 is 0 Å². The van der Waals surface area contributed by atoms with E-state index in [0.29, 0.717) is 6.42 Å². The number of imidazole rings is 2. The lowest BCUT2D eigenvalue weighted by molar-refractivity contribution is -0.136. The molecule has 0 saturated carbocycles. The van der Waals surface area contributed by atoms with E-state index in [9.17, 15) is 4.79 Å². The number of carboxylic acid groups (broad SMARTS) is 1. The van der Waals surface area contributed by atoms with Crippen LogP contribution in [0.15, 0.2) is 28.9 Å². The van der Waals surface area contributed by atoms with Gasteiger partial charge in [-0.15, -0.1) is 0 Å². The smallest absolute Gasteiger partial charge is 0.303 e. The molecule has 6 heteroatoms. The minimum Gasteiger partial charge on any atom is -0.481 e. The van der Waals surface area contributed by atoms with Gasteiger partial charge in [-0.2, -0.15) is 0 Å². The summed E-state index contributed by atoms with van der Waals surface area (Å²) in [4.78, 5) is 15.2. The quantitative estimate of drug-likeness (QED) is 0.806. The number of carboxylic acids is 1. The molecule has 0 saturated heterocycles. The van der Waals surface area contributed by atoms with Crippen LogP contribution in [0.5, 0.6) is 0 Å². The number of benzene rings is 1. The van der Waals surface area contributed by atoms with E-state index in [1.54, 1.807) is 0 Å². The highest BCUT2D eigenvalue weighted by atomic mass is 79.9. The van der Waals surface area contributed by atoms with E-state index in [2.05, 4.69) is 20.9 Å². The molecule has 5 nitrogen and oxygen atoms in total. The zero-order valence-corrected chi connectivity index (χ0v) is 11.9. The van der Waals surface area contributed by atoms with Gasteiger partial charge in [0.15, 0.2) is 0 Å². The van der Waals surface area contributed by atoms with E-state index < -0.39 is 5.97 Å². The Morgan fingerprint density at radius 1 is 1.47 bits per heavy atom. The lowest BCUT2D eigenvalue weighted by atomic mass is 10.2. The molecule has 0 aliphatic rings. The molecule has 0 atom stereocenters. The van der Waals surface area contributed by atoms with E-state index in [1.165, 1.54) is 0 Å². The molecule has 19 heavy (non-hydrogen) atoms. The van der Waals surface area contributed by atoms with E-state index in [1.807, 2.05) is 40.4 Å². The predicted octanol–water partition coefficient (Wildman–Crippen LogP) is 2.61. The highest BCUT2D eigenvalue weighted by Gasteiger charge is 2.12. The fraction of sp³-hybridized carbons (Fsp3) is 0.231. The van der Waals surface area contributed by atoms with Gasteiger partial charge in [-0.05, 0) is 24.6 Å². The van der Waals surface area contributed by atoms with Crippen LogP contribution >= 0.6 is 15.9 Å². The molecule has 2 aromatic heterocycles. The SMILES string of the molecule is Cn1c(CCC(=O)O)cn2c3cc(Br)ccc3nc12. The lowest BCUT2D eigenvalue weighted by Crippen LogP contribution is -2.02. The number of aliphatic carboxylic acids is 1. The van der Waals surface area contributed by atoms with Crippen molar-refractivity contribution in [3.8, 4) is 0 Å². The highest BCUT2D eigenvalue weighted by molar-refractivity contribution is 9.10. The number of aromatic nitrogens is 3. The van der Waals surface area contributed by atoms with E-state index in [0.717, 1.165) is 27.0 Å². The van der Waals surface area contributed by atoms with Crippen LogP contribution in [-0.2, 0) is 18.3 Å². The number of hydrogen-bond acceptors (Lipinski definition) is 2. The van der Waals surface area contributed by atoms with Crippen molar-refractivity contribution in [2.45, 2.75) is 12.8 Å². The number of rotatable bonds is 3. The molecule has 0 fully saturated rings. The molecule has 1 N–H and O–H groups in total. The standard InChI is InChI=1S/C13H12BrN3O2/c1-16-9(3-5-12(18)19)7-17-11-6-8(14)2-4-10(11)15-13(16)17/h2,4,6-7H,3,5H2,1H3,(H,18,19). The average molecular weight is 322 g/mol. The van der Waals surface area contributed by atoms with Crippen molar-refractivity contribution in [1.82, 2.24) is 14.0 Å². The number of fused-ring (bicyclic) bond motifs is 3. The fourth-order valence-corrected chi connectivity index (χ4v) is 2.60. The molecule has 3 rings (SSSR count). The molecular formula is C13H12BrN3O2. The molecule has 2 heterocycles. The molecule has 0 amide bonds. The second-order valence-corrected chi connectivity index (χ2v) is 5.40. The van der Waals surface area contributed by atoms with Crippen LogP contribution in [0, 0.1) is 0 Å². The summed E-state index contributed by atoms with van der Waals surface area (Å²) in [5.41, 5.74) is 2.91. The minimum atomic E-state index is -0.786.